The zero-order chi connectivity index (χ0) is 12.9. The van der Waals surface area contributed by atoms with Crippen LogP contribution in [0.2, 0.25) is 0 Å². The highest BCUT2D eigenvalue weighted by Crippen LogP contribution is 2.37. The van der Waals surface area contributed by atoms with E-state index >= 15 is 0 Å². The molecule has 0 aromatic heterocycles. The second kappa shape index (κ2) is 5.65. The topological polar surface area (TPSA) is 26.3 Å². The monoisotopic (exact) mass is 250 g/mol. The SMILES string of the molecule is O=Cc1cccc(C(F)(F)F)c1OCCCF. The van der Waals surface area contributed by atoms with E-state index in [-0.39, 0.29) is 24.9 Å². The van der Waals surface area contributed by atoms with Gasteiger partial charge in [-0.3, -0.25) is 9.18 Å². The van der Waals surface area contributed by atoms with Gasteiger partial charge in [0.1, 0.15) is 5.75 Å². The molecular weight excluding hydrogens is 240 g/mol. The predicted octanol–water partition coefficient (Wildman–Crippen LogP) is 3.26. The van der Waals surface area contributed by atoms with Gasteiger partial charge in [0.2, 0.25) is 0 Å². The van der Waals surface area contributed by atoms with Gasteiger partial charge in [0.05, 0.1) is 24.4 Å². The second-order valence-electron chi connectivity index (χ2n) is 3.23. The first-order chi connectivity index (χ1) is 8.00. The first-order valence-electron chi connectivity index (χ1n) is 4.85. The van der Waals surface area contributed by atoms with Gasteiger partial charge in [-0.2, -0.15) is 13.2 Å². The maximum atomic E-state index is 12.6. The molecule has 0 amide bonds. The molecule has 0 aliphatic carbocycles. The smallest absolute Gasteiger partial charge is 0.419 e. The Balaban J connectivity index is 3.07. The van der Waals surface area contributed by atoms with Crippen LogP contribution in [0.3, 0.4) is 0 Å². The fourth-order valence-corrected chi connectivity index (χ4v) is 1.26. The number of para-hydroxylation sites is 1. The Kier molecular flexibility index (Phi) is 4.48. The van der Waals surface area contributed by atoms with E-state index in [4.69, 9.17) is 4.74 Å². The van der Waals surface area contributed by atoms with Crippen LogP contribution < -0.4 is 4.74 Å². The minimum Gasteiger partial charge on any atom is -0.492 e. The van der Waals surface area contributed by atoms with Crippen LogP contribution in [0, 0.1) is 0 Å². The standard InChI is InChI=1S/C11H10F4O2/c12-5-2-6-17-10-8(7-16)3-1-4-9(10)11(13,14)15/h1,3-4,7H,2,5-6H2. The summed E-state index contributed by atoms with van der Waals surface area (Å²) in [6.07, 6.45) is -4.35. The third-order valence-corrected chi connectivity index (χ3v) is 2.00. The van der Waals surface area contributed by atoms with Gasteiger partial charge in [0, 0.05) is 6.42 Å². The molecule has 0 radical (unpaired) electrons. The lowest BCUT2D eigenvalue weighted by atomic mass is 10.1. The van der Waals surface area contributed by atoms with E-state index in [1.807, 2.05) is 0 Å². The highest BCUT2D eigenvalue weighted by Gasteiger charge is 2.35. The molecule has 0 N–H and O–H groups in total. The first kappa shape index (κ1) is 13.5. The fraction of sp³-hybridized carbons (Fsp3) is 0.364. The Hall–Kier alpha value is -1.59. The molecule has 0 fully saturated rings. The maximum absolute atomic E-state index is 12.6. The van der Waals surface area contributed by atoms with E-state index in [0.29, 0.717) is 0 Å². The molecular formula is C11H10F4O2. The summed E-state index contributed by atoms with van der Waals surface area (Å²) in [7, 11) is 0. The average molecular weight is 250 g/mol. The summed E-state index contributed by atoms with van der Waals surface area (Å²) in [6, 6.07) is 3.15. The molecule has 0 unspecified atom stereocenters. The number of rotatable bonds is 5. The zero-order valence-corrected chi connectivity index (χ0v) is 8.76. The van der Waals surface area contributed by atoms with E-state index in [9.17, 15) is 22.4 Å². The molecule has 1 rings (SSSR count). The van der Waals surface area contributed by atoms with Crippen LogP contribution in [0.4, 0.5) is 17.6 Å². The highest BCUT2D eigenvalue weighted by atomic mass is 19.4. The van der Waals surface area contributed by atoms with Crippen molar-refractivity contribution >= 4 is 6.29 Å². The van der Waals surface area contributed by atoms with E-state index in [1.165, 1.54) is 6.07 Å². The molecule has 0 heterocycles. The van der Waals surface area contributed by atoms with Crippen LogP contribution in [0.15, 0.2) is 18.2 Å². The number of carbonyl (C=O) groups is 1. The van der Waals surface area contributed by atoms with Gasteiger partial charge >= 0.3 is 6.18 Å². The lowest BCUT2D eigenvalue weighted by molar-refractivity contribution is -0.139. The maximum Gasteiger partial charge on any atom is 0.419 e. The molecule has 0 atom stereocenters. The van der Waals surface area contributed by atoms with Gasteiger partial charge in [-0.25, -0.2) is 0 Å². The fourth-order valence-electron chi connectivity index (χ4n) is 1.26. The number of alkyl halides is 4. The minimum absolute atomic E-state index is 0.0233. The van der Waals surface area contributed by atoms with Crippen LogP contribution in [0.25, 0.3) is 0 Å². The van der Waals surface area contributed by atoms with Gasteiger partial charge < -0.3 is 4.74 Å². The van der Waals surface area contributed by atoms with Gasteiger partial charge in [-0.15, -0.1) is 0 Å². The molecule has 17 heavy (non-hydrogen) atoms. The molecule has 0 saturated heterocycles. The van der Waals surface area contributed by atoms with Crippen molar-refractivity contribution in [1.29, 1.82) is 0 Å². The Morgan fingerprint density at radius 1 is 1.29 bits per heavy atom. The van der Waals surface area contributed by atoms with Crippen LogP contribution >= 0.6 is 0 Å². The number of aldehydes is 1. The Bertz CT molecular complexity index is 388. The number of hydrogen-bond acceptors (Lipinski definition) is 2. The van der Waals surface area contributed by atoms with Crippen LogP contribution in [-0.4, -0.2) is 19.6 Å². The molecule has 0 saturated carbocycles. The lowest BCUT2D eigenvalue weighted by Gasteiger charge is -2.15. The summed E-state index contributed by atoms with van der Waals surface area (Å²) < 4.78 is 54.5. The third kappa shape index (κ3) is 3.44. The summed E-state index contributed by atoms with van der Waals surface area (Å²) in [5.74, 6) is -0.538. The molecule has 1 aromatic carbocycles. The van der Waals surface area contributed by atoms with Crippen molar-refractivity contribution in [2.75, 3.05) is 13.3 Å². The van der Waals surface area contributed by atoms with Gasteiger partial charge in [0.25, 0.3) is 0 Å². The van der Waals surface area contributed by atoms with Crippen molar-refractivity contribution in [2.45, 2.75) is 12.6 Å². The van der Waals surface area contributed by atoms with Crippen molar-refractivity contribution in [3.63, 3.8) is 0 Å². The molecule has 0 aliphatic heterocycles. The molecule has 94 valence electrons. The van der Waals surface area contributed by atoms with E-state index in [1.54, 1.807) is 0 Å². The summed E-state index contributed by atoms with van der Waals surface area (Å²) in [6.45, 7) is -0.894. The van der Waals surface area contributed by atoms with Gasteiger partial charge in [-0.1, -0.05) is 6.07 Å². The lowest BCUT2D eigenvalue weighted by Crippen LogP contribution is -2.11. The largest absolute Gasteiger partial charge is 0.492 e. The summed E-state index contributed by atoms with van der Waals surface area (Å²) >= 11 is 0. The average Bonchev–Trinajstić information content (AvgIpc) is 2.28. The molecule has 6 heteroatoms. The summed E-state index contributed by atoms with van der Waals surface area (Å²) in [4.78, 5) is 10.6. The van der Waals surface area contributed by atoms with E-state index in [2.05, 4.69) is 0 Å². The van der Waals surface area contributed by atoms with Gasteiger partial charge in [0.15, 0.2) is 6.29 Å². The van der Waals surface area contributed by atoms with Crippen molar-refractivity contribution in [3.05, 3.63) is 29.3 Å². The number of benzene rings is 1. The van der Waals surface area contributed by atoms with Gasteiger partial charge in [-0.05, 0) is 12.1 Å². The number of ether oxygens (including phenoxy) is 1. The second-order valence-corrected chi connectivity index (χ2v) is 3.23. The van der Waals surface area contributed by atoms with Crippen LogP contribution in [-0.2, 0) is 6.18 Å². The molecule has 0 spiro atoms. The Morgan fingerprint density at radius 3 is 2.53 bits per heavy atom. The highest BCUT2D eigenvalue weighted by molar-refractivity contribution is 5.80. The quantitative estimate of drug-likeness (QED) is 0.455. The third-order valence-electron chi connectivity index (χ3n) is 2.00. The molecule has 1 aromatic rings. The van der Waals surface area contributed by atoms with Crippen LogP contribution in [0.5, 0.6) is 5.75 Å². The Labute approximate surface area is 95.2 Å². The van der Waals surface area contributed by atoms with Crippen molar-refractivity contribution in [2.24, 2.45) is 0 Å². The molecule has 0 aliphatic rings. The first-order valence-corrected chi connectivity index (χ1v) is 4.85. The predicted molar refractivity (Wildman–Crippen MR) is 52.9 cm³/mol. The number of carbonyl (C=O) groups excluding carboxylic acids is 1. The zero-order valence-electron chi connectivity index (χ0n) is 8.76. The minimum atomic E-state index is -4.61. The molecule has 2 nitrogen and oxygen atoms in total. The summed E-state index contributed by atoms with van der Waals surface area (Å²) in [5.41, 5.74) is -1.22. The summed E-state index contributed by atoms with van der Waals surface area (Å²) in [5, 5.41) is 0. The number of hydrogen-bond donors (Lipinski definition) is 0. The van der Waals surface area contributed by atoms with Crippen molar-refractivity contribution in [3.8, 4) is 5.75 Å². The normalized spacial score (nSPS) is 11.3. The Morgan fingerprint density at radius 2 is 2.00 bits per heavy atom. The van der Waals surface area contributed by atoms with E-state index in [0.717, 1.165) is 12.1 Å². The van der Waals surface area contributed by atoms with Crippen molar-refractivity contribution < 1.29 is 27.1 Å². The number of halogens is 4. The van der Waals surface area contributed by atoms with E-state index < -0.39 is 24.2 Å². The molecule has 0 bridgehead atoms. The van der Waals surface area contributed by atoms with Crippen LogP contribution in [0.1, 0.15) is 22.3 Å². The van der Waals surface area contributed by atoms with Crippen molar-refractivity contribution in [1.82, 2.24) is 0 Å².